The highest BCUT2D eigenvalue weighted by molar-refractivity contribution is 5.79. The maximum Gasteiger partial charge on any atom is 0.182 e. The van der Waals surface area contributed by atoms with Crippen LogP contribution in [-0.2, 0) is 0 Å². The van der Waals surface area contributed by atoms with Gasteiger partial charge in [-0.3, -0.25) is 0 Å². The van der Waals surface area contributed by atoms with Crippen LogP contribution in [0.4, 0.5) is 0 Å². The molecule has 1 aromatic carbocycles. The van der Waals surface area contributed by atoms with Crippen LogP contribution < -0.4 is 10.1 Å². The van der Waals surface area contributed by atoms with Gasteiger partial charge in [-0.05, 0) is 44.0 Å². The van der Waals surface area contributed by atoms with Gasteiger partial charge in [0.1, 0.15) is 5.75 Å². The minimum absolute atomic E-state index is 0.651. The SMILES string of the molecule is c1cc(OCC2CCNCC2)c2ncoc2c1. The first kappa shape index (κ1) is 10.6. The van der Waals surface area contributed by atoms with Crippen LogP contribution in [0, 0.1) is 5.92 Å². The summed E-state index contributed by atoms with van der Waals surface area (Å²) in [6.07, 6.45) is 3.84. The molecule has 90 valence electrons. The first-order valence-electron chi connectivity index (χ1n) is 6.09. The van der Waals surface area contributed by atoms with Crippen molar-refractivity contribution in [3.05, 3.63) is 24.6 Å². The molecule has 0 spiro atoms. The van der Waals surface area contributed by atoms with E-state index in [1.807, 2.05) is 18.2 Å². The number of hydrogen-bond donors (Lipinski definition) is 1. The number of piperidine rings is 1. The van der Waals surface area contributed by atoms with Gasteiger partial charge in [-0.15, -0.1) is 0 Å². The molecule has 17 heavy (non-hydrogen) atoms. The van der Waals surface area contributed by atoms with Gasteiger partial charge in [0, 0.05) is 0 Å². The Hall–Kier alpha value is -1.55. The summed E-state index contributed by atoms with van der Waals surface area (Å²) in [6.45, 7) is 2.97. The number of rotatable bonds is 3. The second kappa shape index (κ2) is 4.75. The Labute approximate surface area is 100.0 Å². The van der Waals surface area contributed by atoms with E-state index in [0.717, 1.165) is 36.5 Å². The summed E-state index contributed by atoms with van der Waals surface area (Å²) in [6, 6.07) is 5.79. The smallest absolute Gasteiger partial charge is 0.182 e. The molecule has 1 N–H and O–H groups in total. The lowest BCUT2D eigenvalue weighted by Crippen LogP contribution is -2.30. The maximum absolute atomic E-state index is 5.87. The Morgan fingerprint density at radius 2 is 2.24 bits per heavy atom. The van der Waals surface area contributed by atoms with Crippen molar-refractivity contribution in [1.29, 1.82) is 0 Å². The lowest BCUT2D eigenvalue weighted by Gasteiger charge is -2.22. The molecule has 4 heteroatoms. The van der Waals surface area contributed by atoms with E-state index >= 15 is 0 Å². The van der Waals surface area contributed by atoms with Crippen molar-refractivity contribution in [2.45, 2.75) is 12.8 Å². The molecule has 0 radical (unpaired) electrons. The molecule has 1 fully saturated rings. The summed E-state index contributed by atoms with van der Waals surface area (Å²) in [5, 5.41) is 3.36. The number of nitrogens with one attached hydrogen (secondary N) is 1. The van der Waals surface area contributed by atoms with Crippen LogP contribution in [0.15, 0.2) is 29.0 Å². The molecule has 1 saturated heterocycles. The predicted octanol–water partition coefficient (Wildman–Crippen LogP) is 2.21. The van der Waals surface area contributed by atoms with Crippen LogP contribution in [0.3, 0.4) is 0 Å². The molecule has 0 aliphatic carbocycles. The van der Waals surface area contributed by atoms with Gasteiger partial charge in [0.25, 0.3) is 0 Å². The van der Waals surface area contributed by atoms with Crippen LogP contribution in [0.5, 0.6) is 5.75 Å². The number of benzene rings is 1. The fourth-order valence-electron chi connectivity index (χ4n) is 2.23. The molecule has 3 rings (SSSR count). The Balaban J connectivity index is 1.69. The Bertz CT molecular complexity index is 489. The average Bonchev–Trinajstić information content (AvgIpc) is 2.86. The van der Waals surface area contributed by atoms with E-state index < -0.39 is 0 Å². The van der Waals surface area contributed by atoms with Crippen molar-refractivity contribution in [1.82, 2.24) is 10.3 Å². The number of fused-ring (bicyclic) bond motifs is 1. The van der Waals surface area contributed by atoms with E-state index in [-0.39, 0.29) is 0 Å². The third-order valence-corrected chi connectivity index (χ3v) is 3.26. The Kier molecular flexibility index (Phi) is 2.96. The van der Waals surface area contributed by atoms with Gasteiger partial charge >= 0.3 is 0 Å². The third-order valence-electron chi connectivity index (χ3n) is 3.26. The van der Waals surface area contributed by atoms with E-state index in [9.17, 15) is 0 Å². The minimum atomic E-state index is 0.651. The van der Waals surface area contributed by atoms with Crippen LogP contribution in [0.2, 0.25) is 0 Å². The van der Waals surface area contributed by atoms with E-state index in [2.05, 4.69) is 10.3 Å². The fraction of sp³-hybridized carbons (Fsp3) is 0.462. The van der Waals surface area contributed by atoms with Crippen molar-refractivity contribution in [2.24, 2.45) is 5.92 Å². The largest absolute Gasteiger partial charge is 0.491 e. The van der Waals surface area contributed by atoms with Gasteiger partial charge in [-0.2, -0.15) is 0 Å². The zero-order chi connectivity index (χ0) is 11.5. The second-order valence-corrected chi connectivity index (χ2v) is 4.46. The maximum atomic E-state index is 5.87. The van der Waals surface area contributed by atoms with Gasteiger partial charge in [-0.25, -0.2) is 4.98 Å². The molecule has 1 aliphatic heterocycles. The summed E-state index contributed by atoms with van der Waals surface area (Å²) >= 11 is 0. The molecule has 1 aromatic heterocycles. The highest BCUT2D eigenvalue weighted by Crippen LogP contribution is 2.25. The van der Waals surface area contributed by atoms with Gasteiger partial charge in [0.2, 0.25) is 0 Å². The quantitative estimate of drug-likeness (QED) is 0.881. The van der Waals surface area contributed by atoms with Crippen LogP contribution in [0.1, 0.15) is 12.8 Å². The third kappa shape index (κ3) is 2.26. The summed E-state index contributed by atoms with van der Waals surface area (Å²) < 4.78 is 11.1. The first-order valence-corrected chi connectivity index (χ1v) is 6.09. The fourth-order valence-corrected chi connectivity index (χ4v) is 2.23. The number of nitrogens with zero attached hydrogens (tertiary/aromatic N) is 1. The van der Waals surface area contributed by atoms with Crippen molar-refractivity contribution < 1.29 is 9.15 Å². The van der Waals surface area contributed by atoms with Crippen LogP contribution in [0.25, 0.3) is 11.1 Å². The number of hydrogen-bond acceptors (Lipinski definition) is 4. The molecule has 0 saturated carbocycles. The lowest BCUT2D eigenvalue weighted by molar-refractivity contribution is 0.217. The molecular weight excluding hydrogens is 216 g/mol. The van der Waals surface area contributed by atoms with Crippen LogP contribution >= 0.6 is 0 Å². The van der Waals surface area contributed by atoms with E-state index in [1.54, 1.807) is 0 Å². The standard InChI is InChI=1S/C13H16N2O2/c1-2-11(13-12(3-1)17-9-15-13)16-8-10-4-6-14-7-5-10/h1-3,9-10,14H,4-8H2. The molecule has 0 amide bonds. The summed E-state index contributed by atoms with van der Waals surface area (Å²) in [4.78, 5) is 4.18. The highest BCUT2D eigenvalue weighted by atomic mass is 16.5. The molecular formula is C13H16N2O2. The number of oxazole rings is 1. The summed E-state index contributed by atoms with van der Waals surface area (Å²) in [5.74, 6) is 1.48. The molecule has 0 atom stereocenters. The lowest BCUT2D eigenvalue weighted by atomic mass is 9.99. The molecule has 2 aromatic rings. The summed E-state index contributed by atoms with van der Waals surface area (Å²) in [5.41, 5.74) is 1.61. The number of para-hydroxylation sites is 1. The molecule has 4 nitrogen and oxygen atoms in total. The van der Waals surface area contributed by atoms with Gasteiger partial charge in [-0.1, -0.05) is 6.07 Å². The predicted molar refractivity (Wildman–Crippen MR) is 65.1 cm³/mol. The average molecular weight is 232 g/mol. The van der Waals surface area contributed by atoms with Gasteiger partial charge < -0.3 is 14.5 Å². The van der Waals surface area contributed by atoms with E-state index in [1.165, 1.54) is 19.2 Å². The van der Waals surface area contributed by atoms with Gasteiger partial charge in [0.05, 0.1) is 6.61 Å². The summed E-state index contributed by atoms with van der Waals surface area (Å²) in [7, 11) is 0. The zero-order valence-electron chi connectivity index (χ0n) is 9.69. The van der Waals surface area contributed by atoms with Crippen molar-refractivity contribution in [3.8, 4) is 5.75 Å². The topological polar surface area (TPSA) is 47.3 Å². The second-order valence-electron chi connectivity index (χ2n) is 4.46. The van der Waals surface area contributed by atoms with Gasteiger partial charge in [0.15, 0.2) is 17.5 Å². The first-order chi connectivity index (χ1) is 8.43. The zero-order valence-corrected chi connectivity index (χ0v) is 9.69. The molecule has 2 heterocycles. The molecule has 0 bridgehead atoms. The van der Waals surface area contributed by atoms with Crippen LogP contribution in [-0.4, -0.2) is 24.7 Å². The van der Waals surface area contributed by atoms with Crippen molar-refractivity contribution in [3.63, 3.8) is 0 Å². The minimum Gasteiger partial charge on any atom is -0.491 e. The Morgan fingerprint density at radius 1 is 1.35 bits per heavy atom. The molecule has 0 unspecified atom stereocenters. The monoisotopic (exact) mass is 232 g/mol. The van der Waals surface area contributed by atoms with Crippen molar-refractivity contribution >= 4 is 11.1 Å². The van der Waals surface area contributed by atoms with E-state index in [4.69, 9.17) is 9.15 Å². The van der Waals surface area contributed by atoms with Crippen molar-refractivity contribution in [2.75, 3.05) is 19.7 Å². The number of aromatic nitrogens is 1. The highest BCUT2D eigenvalue weighted by Gasteiger charge is 2.14. The Morgan fingerprint density at radius 3 is 3.12 bits per heavy atom. The number of ether oxygens (including phenoxy) is 1. The normalized spacial score (nSPS) is 17.4. The molecule has 1 aliphatic rings. The van der Waals surface area contributed by atoms with E-state index in [0.29, 0.717) is 5.92 Å².